The summed E-state index contributed by atoms with van der Waals surface area (Å²) in [7, 11) is -2.34. The Bertz CT molecular complexity index is 1430. The number of amides is 2. The van der Waals surface area contributed by atoms with Crippen molar-refractivity contribution in [1.82, 2.24) is 15.1 Å². The Morgan fingerprint density at radius 1 is 0.833 bits per heavy atom. The summed E-state index contributed by atoms with van der Waals surface area (Å²) < 4.78 is 35.6. The summed E-state index contributed by atoms with van der Waals surface area (Å²) in [6, 6.07) is 7.47. The number of nitrogens with zero attached hydrogens (tertiary/aromatic N) is 3. The molecule has 1 aromatic carbocycles. The number of carbonyl (C=O) groups is 3. The Morgan fingerprint density at radius 3 is 1.89 bits per heavy atom. The van der Waals surface area contributed by atoms with E-state index in [1.807, 2.05) is 65.8 Å². The topological polar surface area (TPSA) is 137 Å². The quantitative estimate of drug-likeness (QED) is 0.0729. The molecular weight excluding hydrogens is 709 g/mol. The summed E-state index contributed by atoms with van der Waals surface area (Å²) in [6.45, 7) is 33.9. The first-order chi connectivity index (χ1) is 24.4. The molecule has 2 atom stereocenters. The van der Waals surface area contributed by atoms with Gasteiger partial charge in [0, 0.05) is 25.6 Å². The van der Waals surface area contributed by atoms with Crippen LogP contribution in [0.15, 0.2) is 29.3 Å². The summed E-state index contributed by atoms with van der Waals surface area (Å²) in [6.07, 6.45) is -2.15. The van der Waals surface area contributed by atoms with Gasteiger partial charge in [0.2, 0.25) is 5.96 Å². The van der Waals surface area contributed by atoms with Crippen LogP contribution in [0.1, 0.15) is 115 Å². The van der Waals surface area contributed by atoms with Crippen molar-refractivity contribution in [2.75, 3.05) is 39.5 Å². The van der Waals surface area contributed by atoms with Gasteiger partial charge < -0.3 is 28.1 Å². The van der Waals surface area contributed by atoms with E-state index >= 15 is 0 Å². The van der Waals surface area contributed by atoms with Crippen LogP contribution in [0.4, 0.5) is 9.59 Å². The number of hydrogen-bond acceptors (Lipinski definition) is 11. The van der Waals surface area contributed by atoms with Crippen LogP contribution in [0, 0.1) is 0 Å². The van der Waals surface area contributed by atoms with Crippen LogP contribution in [0.25, 0.3) is 0 Å². The van der Waals surface area contributed by atoms with Crippen molar-refractivity contribution in [3.8, 4) is 5.75 Å². The lowest BCUT2D eigenvalue weighted by Crippen LogP contribution is -2.56. The van der Waals surface area contributed by atoms with Crippen molar-refractivity contribution < 1.29 is 42.5 Å². The van der Waals surface area contributed by atoms with Crippen LogP contribution in [-0.2, 0) is 28.2 Å². The Hall–Kier alpha value is -3.20. The van der Waals surface area contributed by atoms with Crippen LogP contribution in [0.2, 0.25) is 18.1 Å². The first-order valence-electron chi connectivity index (χ1n) is 18.9. The molecule has 308 valence electrons. The lowest BCUT2D eigenvalue weighted by molar-refractivity contribution is -0.165. The third-order valence-corrected chi connectivity index (χ3v) is 12.8. The summed E-state index contributed by atoms with van der Waals surface area (Å²) >= 11 is 0. The summed E-state index contributed by atoms with van der Waals surface area (Å²) in [5.41, 5.74) is -1.67. The van der Waals surface area contributed by atoms with Crippen molar-refractivity contribution in [2.24, 2.45) is 4.99 Å². The number of ether oxygens (including phenoxy) is 5. The molecule has 1 aromatic rings. The summed E-state index contributed by atoms with van der Waals surface area (Å²) in [4.78, 5) is 48.2. The first kappa shape index (κ1) is 46.9. The number of esters is 1. The zero-order chi connectivity index (χ0) is 41.5. The molecule has 1 heterocycles. The molecule has 54 heavy (non-hydrogen) atoms. The number of benzene rings is 1. The molecule has 0 saturated heterocycles. The van der Waals surface area contributed by atoms with Gasteiger partial charge in [-0.3, -0.25) is 10.3 Å². The van der Waals surface area contributed by atoms with E-state index in [0.717, 1.165) is 5.56 Å². The third kappa shape index (κ3) is 16.3. The maximum Gasteiger partial charge on any atom is 0.417 e. The smallest absolute Gasteiger partial charge is 0.417 e. The second-order valence-corrected chi connectivity index (χ2v) is 24.0. The zero-order valence-electron chi connectivity index (χ0n) is 36.2. The Balaban J connectivity index is 2.36. The van der Waals surface area contributed by atoms with Crippen molar-refractivity contribution in [2.45, 2.75) is 156 Å². The van der Waals surface area contributed by atoms with Gasteiger partial charge in [-0.2, -0.15) is 0 Å². The van der Waals surface area contributed by atoms with E-state index < -0.39 is 49.4 Å². The molecule has 13 nitrogen and oxygen atoms in total. The third-order valence-electron chi connectivity index (χ3n) is 8.35. The predicted molar refractivity (Wildman–Crippen MR) is 214 cm³/mol. The van der Waals surface area contributed by atoms with Crippen LogP contribution in [0.3, 0.4) is 0 Å². The standard InChI is InChI=1S/C40H70N4O9Si/c1-36(2,3)49-27-41-22-23-43(34(46)51-38(7,8)9)33-42-24-29(25-44(33)35(47)52-39(10,11)12)28-18-20-30(21-19-28)48-26-31(32(45)50-37(4,5)6)53-54(16,17)40(13,14)15/h18-21,29,31,41H,22-27H2,1-17H3/t29?,31-/m1/s1. The highest BCUT2D eigenvalue weighted by Gasteiger charge is 2.42. The minimum Gasteiger partial charge on any atom is -0.490 e. The fourth-order valence-electron chi connectivity index (χ4n) is 4.73. The monoisotopic (exact) mass is 778 g/mol. The van der Waals surface area contributed by atoms with Crippen LogP contribution < -0.4 is 10.1 Å². The van der Waals surface area contributed by atoms with Crippen LogP contribution in [0.5, 0.6) is 5.75 Å². The summed E-state index contributed by atoms with van der Waals surface area (Å²) in [5.74, 6) is 0.0272. The normalized spacial score (nSPS) is 16.6. The highest BCUT2D eigenvalue weighted by molar-refractivity contribution is 6.74. The Morgan fingerprint density at radius 2 is 1.39 bits per heavy atom. The molecule has 2 amide bonds. The van der Waals surface area contributed by atoms with Gasteiger partial charge in [-0.05, 0) is 119 Å². The van der Waals surface area contributed by atoms with Gasteiger partial charge in [-0.25, -0.2) is 24.2 Å². The van der Waals surface area contributed by atoms with E-state index in [1.54, 1.807) is 41.5 Å². The van der Waals surface area contributed by atoms with Gasteiger partial charge in [0.15, 0.2) is 14.4 Å². The minimum absolute atomic E-state index is 0.0119. The van der Waals surface area contributed by atoms with Crippen molar-refractivity contribution >= 4 is 32.4 Å². The lowest BCUT2D eigenvalue weighted by Gasteiger charge is -2.39. The molecule has 0 bridgehead atoms. The number of guanidine groups is 1. The van der Waals surface area contributed by atoms with Gasteiger partial charge in [0.1, 0.15) is 29.2 Å². The minimum atomic E-state index is -2.34. The molecule has 1 aliphatic rings. The fourth-order valence-corrected chi connectivity index (χ4v) is 5.96. The molecule has 1 N–H and O–H groups in total. The summed E-state index contributed by atoms with van der Waals surface area (Å²) in [5, 5.41) is 3.08. The molecule has 0 aliphatic carbocycles. The first-order valence-corrected chi connectivity index (χ1v) is 21.8. The maximum absolute atomic E-state index is 13.7. The zero-order valence-corrected chi connectivity index (χ0v) is 37.2. The van der Waals surface area contributed by atoms with E-state index in [1.165, 1.54) is 9.80 Å². The van der Waals surface area contributed by atoms with E-state index in [0.29, 0.717) is 18.8 Å². The van der Waals surface area contributed by atoms with E-state index in [-0.39, 0.29) is 48.9 Å². The fraction of sp³-hybridized carbons (Fsp3) is 0.750. The second-order valence-electron chi connectivity index (χ2n) is 19.2. The molecule has 0 fully saturated rings. The largest absolute Gasteiger partial charge is 0.490 e. The molecule has 0 aromatic heterocycles. The van der Waals surface area contributed by atoms with Crippen LogP contribution >= 0.6 is 0 Å². The van der Waals surface area contributed by atoms with Gasteiger partial charge in [-0.1, -0.05) is 32.9 Å². The van der Waals surface area contributed by atoms with Gasteiger partial charge >= 0.3 is 18.2 Å². The Kier molecular flexibility index (Phi) is 15.8. The number of hydrogen-bond donors (Lipinski definition) is 1. The SMILES string of the molecule is CC(C)(C)OCNCCN(C(=O)OC(C)(C)C)C1=NCC(c2ccc(OC[C@@H](O[Si](C)(C)C(C)(C)C)C(=O)OC(C)(C)C)cc2)CN1C(=O)OC(C)(C)C. The van der Waals surface area contributed by atoms with Crippen LogP contribution in [-0.4, -0.2) is 110 Å². The average Bonchev–Trinajstić information content (AvgIpc) is 2.97. The van der Waals surface area contributed by atoms with Gasteiger partial charge in [0.05, 0.1) is 18.9 Å². The predicted octanol–water partition coefficient (Wildman–Crippen LogP) is 8.09. The van der Waals surface area contributed by atoms with E-state index in [2.05, 4.69) is 39.2 Å². The van der Waals surface area contributed by atoms with E-state index in [4.69, 9.17) is 33.1 Å². The van der Waals surface area contributed by atoms with E-state index in [9.17, 15) is 14.4 Å². The number of nitrogens with one attached hydrogen (secondary N) is 1. The highest BCUT2D eigenvalue weighted by Crippen LogP contribution is 2.38. The number of carbonyl (C=O) groups excluding carboxylic acids is 3. The number of rotatable bonds is 12. The molecule has 0 saturated carbocycles. The average molecular weight is 779 g/mol. The maximum atomic E-state index is 13.7. The van der Waals surface area contributed by atoms with Crippen molar-refractivity contribution in [1.29, 1.82) is 0 Å². The molecule has 0 radical (unpaired) electrons. The molecule has 2 rings (SSSR count). The second kappa shape index (κ2) is 18.2. The van der Waals surface area contributed by atoms with Crippen molar-refractivity contribution in [3.63, 3.8) is 0 Å². The molecule has 14 heteroatoms. The van der Waals surface area contributed by atoms with Crippen molar-refractivity contribution in [3.05, 3.63) is 29.8 Å². The van der Waals surface area contributed by atoms with Gasteiger partial charge in [-0.15, -0.1) is 0 Å². The van der Waals surface area contributed by atoms with Gasteiger partial charge in [0.25, 0.3) is 0 Å². The Labute approximate surface area is 325 Å². The highest BCUT2D eigenvalue weighted by atomic mass is 28.4. The number of aliphatic imine (C=N–C) groups is 1. The molecule has 1 unspecified atom stereocenters. The molecule has 0 spiro atoms. The lowest BCUT2D eigenvalue weighted by atomic mass is 9.97. The molecular formula is C40H70N4O9Si. The molecule has 1 aliphatic heterocycles.